The SMILES string of the molecule is COC(=O)C(CC(=O)Nc1ccc2c(c1)Cc1cc(SF)ccc1-2)NP. The van der Waals surface area contributed by atoms with Gasteiger partial charge in [-0.3, -0.25) is 14.7 Å². The second-order valence-electron chi connectivity index (χ2n) is 5.94. The smallest absolute Gasteiger partial charge is 0.323 e. The van der Waals surface area contributed by atoms with Gasteiger partial charge in [-0.05, 0) is 52.9 Å². The Hall–Kier alpha value is -1.95. The van der Waals surface area contributed by atoms with Crippen molar-refractivity contribution < 1.29 is 18.2 Å². The number of benzene rings is 2. The van der Waals surface area contributed by atoms with Crippen LogP contribution in [0.1, 0.15) is 17.5 Å². The van der Waals surface area contributed by atoms with Crippen LogP contribution < -0.4 is 10.4 Å². The molecule has 1 aliphatic rings. The van der Waals surface area contributed by atoms with Crippen LogP contribution in [0.4, 0.5) is 9.57 Å². The molecular formula is C18H18FN2O3PS. The van der Waals surface area contributed by atoms with Crippen LogP contribution in [-0.4, -0.2) is 25.0 Å². The highest BCUT2D eigenvalue weighted by molar-refractivity contribution is 7.94. The van der Waals surface area contributed by atoms with E-state index < -0.39 is 12.0 Å². The summed E-state index contributed by atoms with van der Waals surface area (Å²) >= 11 is 0.235. The minimum atomic E-state index is -0.722. The van der Waals surface area contributed by atoms with Gasteiger partial charge in [0, 0.05) is 10.6 Å². The second kappa shape index (κ2) is 8.16. The van der Waals surface area contributed by atoms with Crippen LogP contribution >= 0.6 is 21.5 Å². The Labute approximate surface area is 157 Å². The van der Waals surface area contributed by atoms with Crippen LogP contribution in [-0.2, 0) is 20.7 Å². The van der Waals surface area contributed by atoms with E-state index >= 15 is 0 Å². The van der Waals surface area contributed by atoms with Gasteiger partial charge in [0.15, 0.2) is 0 Å². The number of ether oxygens (including phenoxy) is 1. The first-order valence-electron chi connectivity index (χ1n) is 7.94. The van der Waals surface area contributed by atoms with E-state index in [0.29, 0.717) is 17.0 Å². The van der Waals surface area contributed by atoms with Crippen molar-refractivity contribution in [2.24, 2.45) is 0 Å². The number of amides is 1. The van der Waals surface area contributed by atoms with Gasteiger partial charge < -0.3 is 10.1 Å². The van der Waals surface area contributed by atoms with Crippen molar-refractivity contribution in [2.75, 3.05) is 12.4 Å². The molecule has 1 aliphatic carbocycles. The summed E-state index contributed by atoms with van der Waals surface area (Å²) in [6.45, 7) is 0. The molecule has 0 fully saturated rings. The number of carbonyl (C=O) groups is 2. The molecule has 26 heavy (non-hydrogen) atoms. The van der Waals surface area contributed by atoms with Crippen LogP contribution in [0.5, 0.6) is 0 Å². The van der Waals surface area contributed by atoms with E-state index in [1.807, 2.05) is 30.3 Å². The molecule has 2 aromatic carbocycles. The summed E-state index contributed by atoms with van der Waals surface area (Å²) in [7, 11) is 3.49. The van der Waals surface area contributed by atoms with Crippen molar-refractivity contribution in [3.05, 3.63) is 47.5 Å². The lowest BCUT2D eigenvalue weighted by atomic mass is 10.1. The maximum absolute atomic E-state index is 12.8. The summed E-state index contributed by atoms with van der Waals surface area (Å²) < 4.78 is 17.4. The molecule has 0 saturated heterocycles. The van der Waals surface area contributed by atoms with Gasteiger partial charge in [0.1, 0.15) is 6.04 Å². The number of anilines is 1. The molecule has 2 N–H and O–H groups in total. The van der Waals surface area contributed by atoms with Gasteiger partial charge in [-0.2, -0.15) is 3.89 Å². The van der Waals surface area contributed by atoms with E-state index in [0.717, 1.165) is 22.3 Å². The van der Waals surface area contributed by atoms with E-state index in [1.54, 1.807) is 6.07 Å². The maximum Gasteiger partial charge on any atom is 0.323 e. The minimum Gasteiger partial charge on any atom is -0.468 e. The van der Waals surface area contributed by atoms with Gasteiger partial charge in [0.2, 0.25) is 5.91 Å². The third-order valence-corrected chi connectivity index (χ3v) is 5.14. The first-order chi connectivity index (χ1) is 12.5. The molecule has 0 spiro atoms. The fourth-order valence-electron chi connectivity index (χ4n) is 3.06. The normalized spacial score (nSPS) is 12.9. The monoisotopic (exact) mass is 392 g/mol. The summed E-state index contributed by atoms with van der Waals surface area (Å²) in [6.07, 6.45) is 0.658. The highest BCUT2D eigenvalue weighted by atomic mass is 32.2. The van der Waals surface area contributed by atoms with Gasteiger partial charge in [0.25, 0.3) is 0 Å². The fourth-order valence-corrected chi connectivity index (χ4v) is 3.62. The summed E-state index contributed by atoms with van der Waals surface area (Å²) in [4.78, 5) is 24.3. The molecule has 5 nitrogen and oxygen atoms in total. The zero-order valence-corrected chi connectivity index (χ0v) is 16.0. The van der Waals surface area contributed by atoms with Gasteiger partial charge >= 0.3 is 5.97 Å². The molecular weight excluding hydrogens is 374 g/mol. The molecule has 0 bridgehead atoms. The summed E-state index contributed by atoms with van der Waals surface area (Å²) in [5.74, 6) is -0.789. The largest absolute Gasteiger partial charge is 0.468 e. The highest BCUT2D eigenvalue weighted by Crippen LogP contribution is 2.39. The standard InChI is InChI=1S/C18H18FN2O3PS/c1-24-18(23)16(21-25)9-17(22)20-12-2-4-14-10(7-12)6-11-8-13(26-19)3-5-15(11)14/h2-5,7-8,16,21H,6,9,25H2,1H3,(H,20,22). The van der Waals surface area contributed by atoms with Crippen molar-refractivity contribution in [2.45, 2.75) is 23.8 Å². The van der Waals surface area contributed by atoms with Crippen LogP contribution in [0.25, 0.3) is 11.1 Å². The summed E-state index contributed by atoms with van der Waals surface area (Å²) in [6, 6.07) is 10.5. The predicted octanol–water partition coefficient (Wildman–Crippen LogP) is 3.48. The number of rotatable bonds is 6. The molecule has 2 aromatic rings. The Morgan fingerprint density at radius 2 is 1.92 bits per heavy atom. The Morgan fingerprint density at radius 1 is 1.23 bits per heavy atom. The molecule has 1 amide bonds. The van der Waals surface area contributed by atoms with Crippen LogP contribution in [0.2, 0.25) is 0 Å². The van der Waals surface area contributed by atoms with Crippen LogP contribution in [0.15, 0.2) is 41.3 Å². The molecule has 136 valence electrons. The van der Waals surface area contributed by atoms with Crippen molar-refractivity contribution in [3.63, 3.8) is 0 Å². The number of methoxy groups -OCH3 is 1. The van der Waals surface area contributed by atoms with Crippen molar-refractivity contribution in [1.29, 1.82) is 0 Å². The van der Waals surface area contributed by atoms with E-state index in [9.17, 15) is 13.5 Å². The lowest BCUT2D eigenvalue weighted by Gasteiger charge is -2.13. The molecule has 2 unspecified atom stereocenters. The third-order valence-electron chi connectivity index (χ3n) is 4.30. The third kappa shape index (κ3) is 3.90. The van der Waals surface area contributed by atoms with Crippen molar-refractivity contribution in [3.8, 4) is 11.1 Å². The minimum absolute atomic E-state index is 0.0371. The average Bonchev–Trinajstić information content (AvgIpc) is 3.01. The van der Waals surface area contributed by atoms with E-state index in [-0.39, 0.29) is 24.5 Å². The predicted molar refractivity (Wildman–Crippen MR) is 104 cm³/mol. The Kier molecular flexibility index (Phi) is 5.91. The Morgan fingerprint density at radius 3 is 2.58 bits per heavy atom. The lowest BCUT2D eigenvalue weighted by molar-refractivity contribution is -0.143. The number of carbonyl (C=O) groups excluding carboxylic acids is 2. The zero-order valence-electron chi connectivity index (χ0n) is 14.0. The number of hydrogen-bond donors (Lipinski definition) is 2. The van der Waals surface area contributed by atoms with E-state index in [4.69, 9.17) is 0 Å². The number of fused-ring (bicyclic) bond motifs is 3. The molecule has 0 aromatic heterocycles. The average molecular weight is 392 g/mol. The first-order valence-corrected chi connectivity index (χ1v) is 9.23. The molecule has 0 aliphatic heterocycles. The second-order valence-corrected chi connectivity index (χ2v) is 6.90. The van der Waals surface area contributed by atoms with Crippen LogP contribution in [0.3, 0.4) is 0 Å². The Balaban J connectivity index is 1.72. The number of halogens is 1. The summed E-state index contributed by atoms with van der Waals surface area (Å²) in [5, 5.41) is 5.49. The maximum atomic E-state index is 12.8. The van der Waals surface area contributed by atoms with Crippen molar-refractivity contribution in [1.82, 2.24) is 5.09 Å². The number of hydrogen-bond acceptors (Lipinski definition) is 5. The van der Waals surface area contributed by atoms with E-state index in [2.05, 4.69) is 24.5 Å². The van der Waals surface area contributed by atoms with E-state index in [1.165, 1.54) is 7.11 Å². The van der Waals surface area contributed by atoms with Gasteiger partial charge in [-0.15, -0.1) is 0 Å². The lowest BCUT2D eigenvalue weighted by Crippen LogP contribution is -2.35. The Bertz CT molecular complexity index is 862. The molecule has 0 saturated carbocycles. The quantitative estimate of drug-likeness (QED) is 0.497. The van der Waals surface area contributed by atoms with Crippen molar-refractivity contribution >= 4 is 39.1 Å². The topological polar surface area (TPSA) is 67.4 Å². The first kappa shape index (κ1) is 18.8. The van der Waals surface area contributed by atoms with Gasteiger partial charge in [0.05, 0.1) is 25.7 Å². The zero-order chi connectivity index (χ0) is 18.7. The molecule has 0 radical (unpaired) electrons. The number of nitrogens with one attached hydrogen (secondary N) is 2. The van der Waals surface area contributed by atoms with Gasteiger partial charge in [-0.1, -0.05) is 21.5 Å². The number of esters is 1. The van der Waals surface area contributed by atoms with Gasteiger partial charge in [-0.25, -0.2) is 0 Å². The highest BCUT2D eigenvalue weighted by Gasteiger charge is 2.22. The summed E-state index contributed by atoms with van der Waals surface area (Å²) in [5.41, 5.74) is 4.99. The van der Waals surface area contributed by atoms with Crippen LogP contribution in [0, 0.1) is 0 Å². The molecule has 2 atom stereocenters. The molecule has 3 rings (SSSR count). The molecule has 0 heterocycles. The fraction of sp³-hybridized carbons (Fsp3) is 0.222. The molecule has 8 heteroatoms.